The minimum absolute atomic E-state index is 0.204. The van der Waals surface area contributed by atoms with Crippen LogP contribution in [0.15, 0.2) is 12.3 Å². The molecule has 1 N–H and O–H groups in total. The predicted octanol–water partition coefficient (Wildman–Crippen LogP) is -0.194. The number of aldehydes is 1. The first-order valence-electron chi connectivity index (χ1n) is 3.47. The molecule has 0 unspecified atom stereocenters. The van der Waals surface area contributed by atoms with Gasteiger partial charge in [0.2, 0.25) is 10.0 Å². The van der Waals surface area contributed by atoms with Gasteiger partial charge in [-0.1, -0.05) is 0 Å². The number of aromatic nitrogens is 1. The van der Waals surface area contributed by atoms with Gasteiger partial charge in [0.15, 0.2) is 6.29 Å². The molecule has 76 valence electrons. The van der Waals surface area contributed by atoms with E-state index >= 15 is 0 Å². The van der Waals surface area contributed by atoms with Gasteiger partial charge >= 0.3 is 5.97 Å². The molecule has 0 amide bonds. The van der Waals surface area contributed by atoms with Crippen molar-refractivity contribution >= 4 is 22.3 Å². The van der Waals surface area contributed by atoms with Crippen LogP contribution < -0.4 is 0 Å². The van der Waals surface area contributed by atoms with Gasteiger partial charge in [-0.3, -0.25) is 4.79 Å². The third-order valence-corrected chi connectivity index (χ3v) is 2.57. The normalized spacial score (nSPS) is 11.2. The van der Waals surface area contributed by atoms with Gasteiger partial charge in [-0.15, -0.1) is 0 Å². The molecule has 0 bridgehead atoms. The lowest BCUT2D eigenvalue weighted by molar-refractivity contribution is 0.0697. The van der Waals surface area contributed by atoms with E-state index in [9.17, 15) is 18.0 Å². The van der Waals surface area contributed by atoms with Crippen molar-refractivity contribution in [2.75, 3.05) is 6.26 Å². The number of nitrogens with zero attached hydrogens (tertiary/aromatic N) is 1. The number of hydrogen-bond donors (Lipinski definition) is 1. The number of carboxylic acids is 1. The highest BCUT2D eigenvalue weighted by molar-refractivity contribution is 7.89. The van der Waals surface area contributed by atoms with Crippen molar-refractivity contribution in [1.29, 1.82) is 0 Å². The number of aromatic carboxylic acids is 1. The SMILES string of the molecule is CS(=O)(=O)n1cc(C(=O)O)cc1C=O. The van der Waals surface area contributed by atoms with Crippen LogP contribution in [0, 0.1) is 0 Å². The monoisotopic (exact) mass is 217 g/mol. The number of carbonyl (C=O) groups is 2. The summed E-state index contributed by atoms with van der Waals surface area (Å²) in [4.78, 5) is 20.9. The summed E-state index contributed by atoms with van der Waals surface area (Å²) in [7, 11) is -3.64. The molecule has 0 aliphatic carbocycles. The molecule has 14 heavy (non-hydrogen) atoms. The third kappa shape index (κ3) is 1.82. The number of carbonyl (C=O) groups excluding carboxylic acids is 1. The van der Waals surface area contributed by atoms with Crippen LogP contribution in [0.3, 0.4) is 0 Å². The van der Waals surface area contributed by atoms with E-state index in [4.69, 9.17) is 5.11 Å². The molecule has 0 saturated heterocycles. The minimum Gasteiger partial charge on any atom is -0.478 e. The smallest absolute Gasteiger partial charge is 0.337 e. The molecule has 0 aliphatic rings. The lowest BCUT2D eigenvalue weighted by atomic mass is 10.3. The van der Waals surface area contributed by atoms with Crippen LogP contribution in [0.2, 0.25) is 0 Å². The Morgan fingerprint density at radius 1 is 1.57 bits per heavy atom. The summed E-state index contributed by atoms with van der Waals surface area (Å²) in [5.41, 5.74) is -0.442. The summed E-state index contributed by atoms with van der Waals surface area (Å²) < 4.78 is 22.7. The fourth-order valence-corrected chi connectivity index (χ4v) is 1.73. The van der Waals surface area contributed by atoms with E-state index in [-0.39, 0.29) is 17.5 Å². The highest BCUT2D eigenvalue weighted by Gasteiger charge is 2.15. The van der Waals surface area contributed by atoms with Crippen molar-refractivity contribution in [3.8, 4) is 0 Å². The highest BCUT2D eigenvalue weighted by Crippen LogP contribution is 2.09. The zero-order valence-corrected chi connectivity index (χ0v) is 7.98. The van der Waals surface area contributed by atoms with E-state index in [1.54, 1.807) is 0 Å². The average molecular weight is 217 g/mol. The number of rotatable bonds is 3. The van der Waals surface area contributed by atoms with E-state index in [0.717, 1.165) is 18.5 Å². The first-order valence-corrected chi connectivity index (χ1v) is 5.32. The first kappa shape index (κ1) is 10.5. The largest absolute Gasteiger partial charge is 0.478 e. The zero-order valence-electron chi connectivity index (χ0n) is 7.17. The van der Waals surface area contributed by atoms with E-state index in [1.807, 2.05) is 0 Å². The molecule has 0 fully saturated rings. The van der Waals surface area contributed by atoms with Crippen molar-refractivity contribution in [2.45, 2.75) is 0 Å². The van der Waals surface area contributed by atoms with Crippen molar-refractivity contribution in [3.63, 3.8) is 0 Å². The summed E-state index contributed by atoms with van der Waals surface area (Å²) in [6.45, 7) is 0. The Kier molecular flexibility index (Phi) is 2.43. The third-order valence-electron chi connectivity index (χ3n) is 1.54. The minimum atomic E-state index is -3.64. The van der Waals surface area contributed by atoms with Gasteiger partial charge in [0.1, 0.15) is 0 Å². The quantitative estimate of drug-likeness (QED) is 0.708. The van der Waals surface area contributed by atoms with E-state index in [2.05, 4.69) is 0 Å². The van der Waals surface area contributed by atoms with Crippen LogP contribution in [0.5, 0.6) is 0 Å². The van der Waals surface area contributed by atoms with Gasteiger partial charge in [0.05, 0.1) is 17.5 Å². The molecule has 6 nitrogen and oxygen atoms in total. The Morgan fingerprint density at radius 2 is 2.14 bits per heavy atom. The highest BCUT2D eigenvalue weighted by atomic mass is 32.2. The maximum absolute atomic E-state index is 11.1. The van der Waals surface area contributed by atoms with Crippen molar-refractivity contribution in [2.24, 2.45) is 0 Å². The fraction of sp³-hybridized carbons (Fsp3) is 0.143. The molecule has 0 aromatic carbocycles. The van der Waals surface area contributed by atoms with Crippen LogP contribution >= 0.6 is 0 Å². The van der Waals surface area contributed by atoms with Crippen LogP contribution in [-0.2, 0) is 10.0 Å². The molecule has 0 radical (unpaired) electrons. The second-order valence-corrected chi connectivity index (χ2v) is 4.49. The molecule has 0 saturated carbocycles. The molecule has 0 aliphatic heterocycles. The molecule has 1 aromatic rings. The van der Waals surface area contributed by atoms with Crippen LogP contribution in [0.1, 0.15) is 20.8 Å². The molecular weight excluding hydrogens is 210 g/mol. The van der Waals surface area contributed by atoms with E-state index < -0.39 is 16.0 Å². The van der Waals surface area contributed by atoms with E-state index in [0.29, 0.717) is 3.97 Å². The molecule has 1 rings (SSSR count). The summed E-state index contributed by atoms with van der Waals surface area (Å²) >= 11 is 0. The average Bonchev–Trinajstić information content (AvgIpc) is 2.46. The van der Waals surface area contributed by atoms with Gasteiger partial charge < -0.3 is 5.11 Å². The van der Waals surface area contributed by atoms with Crippen LogP contribution in [0.25, 0.3) is 0 Å². The molecule has 0 spiro atoms. The Morgan fingerprint density at radius 3 is 2.43 bits per heavy atom. The molecule has 7 heteroatoms. The molecule has 0 atom stereocenters. The lowest BCUT2D eigenvalue weighted by Gasteiger charge is -1.99. The number of carboxylic acid groups (broad SMARTS) is 1. The lowest BCUT2D eigenvalue weighted by Crippen LogP contribution is -2.11. The second-order valence-electron chi connectivity index (χ2n) is 2.64. The first-order chi connectivity index (χ1) is 6.36. The maximum atomic E-state index is 11.1. The molecule has 1 aromatic heterocycles. The summed E-state index contributed by atoms with van der Waals surface area (Å²) in [5, 5.41) is 8.56. The van der Waals surface area contributed by atoms with E-state index in [1.165, 1.54) is 0 Å². The molecule has 1 heterocycles. The van der Waals surface area contributed by atoms with Crippen molar-refractivity contribution < 1.29 is 23.1 Å². The van der Waals surface area contributed by atoms with Gasteiger partial charge in [-0.05, 0) is 6.07 Å². The summed E-state index contributed by atoms with van der Waals surface area (Å²) in [5.74, 6) is -1.28. The predicted molar refractivity (Wildman–Crippen MR) is 47.0 cm³/mol. The van der Waals surface area contributed by atoms with Crippen LogP contribution in [0.4, 0.5) is 0 Å². The molecular formula is C7H7NO5S. The van der Waals surface area contributed by atoms with Crippen LogP contribution in [-0.4, -0.2) is 36.0 Å². The Bertz CT molecular complexity index is 484. The Labute approximate surface area is 79.8 Å². The Balaban J connectivity index is 3.44. The van der Waals surface area contributed by atoms with Crippen molar-refractivity contribution in [1.82, 2.24) is 3.97 Å². The maximum Gasteiger partial charge on any atom is 0.337 e. The summed E-state index contributed by atoms with van der Waals surface area (Å²) in [6, 6.07) is 0.996. The second kappa shape index (κ2) is 3.26. The fourth-order valence-electron chi connectivity index (χ4n) is 0.951. The van der Waals surface area contributed by atoms with Gasteiger partial charge in [-0.2, -0.15) is 0 Å². The number of hydrogen-bond acceptors (Lipinski definition) is 4. The summed E-state index contributed by atoms with van der Waals surface area (Å²) in [6.07, 6.45) is 2.06. The zero-order chi connectivity index (χ0) is 10.9. The van der Waals surface area contributed by atoms with Gasteiger partial charge in [0, 0.05) is 6.20 Å². The topological polar surface area (TPSA) is 93.4 Å². The van der Waals surface area contributed by atoms with Crippen molar-refractivity contribution in [3.05, 3.63) is 23.5 Å². The van der Waals surface area contributed by atoms with Gasteiger partial charge in [0.25, 0.3) is 0 Å². The Hall–Kier alpha value is -1.63. The standard InChI is InChI=1S/C7H7NO5S/c1-14(12,13)8-3-5(7(10)11)2-6(8)4-9/h2-4H,1H3,(H,10,11). The van der Waals surface area contributed by atoms with Gasteiger partial charge in [-0.25, -0.2) is 17.2 Å².